The van der Waals surface area contributed by atoms with Gasteiger partial charge in [0.15, 0.2) is 0 Å². The Kier molecular flexibility index (Phi) is 3.64. The number of hydrogen-bond donors (Lipinski definition) is 1. The minimum atomic E-state index is -2.90. The van der Waals surface area contributed by atoms with Gasteiger partial charge >= 0.3 is 12.6 Å². The van der Waals surface area contributed by atoms with Crippen molar-refractivity contribution in [2.24, 2.45) is 5.92 Å². The molecule has 1 aliphatic carbocycles. The van der Waals surface area contributed by atoms with Crippen LogP contribution in [0, 0.1) is 5.92 Å². The van der Waals surface area contributed by atoms with Gasteiger partial charge in [0.2, 0.25) is 0 Å². The number of nitrogens with one attached hydrogen (secondary N) is 1. The zero-order valence-electron chi connectivity index (χ0n) is 13.2. The number of rotatable bonds is 3. The Labute approximate surface area is 137 Å². The number of aromatic nitrogens is 2. The predicted molar refractivity (Wildman–Crippen MR) is 83.2 cm³/mol. The minimum Gasteiger partial charge on any atom is -0.435 e. The van der Waals surface area contributed by atoms with Crippen LogP contribution in [0.4, 0.5) is 13.6 Å². The molecule has 24 heavy (non-hydrogen) atoms. The normalized spacial score (nSPS) is 26.4. The monoisotopic (exact) mass is 336 g/mol. The van der Waals surface area contributed by atoms with Crippen molar-refractivity contribution in [3.05, 3.63) is 24.4 Å². The van der Waals surface area contributed by atoms with Gasteiger partial charge < -0.3 is 15.0 Å². The molecule has 128 valence electrons. The molecule has 1 saturated heterocycles. The Bertz CT molecular complexity index is 777. The molecule has 2 aromatic rings. The standard InChI is InChI=1S/C16H18F2N4O2/c1-21-8-10-4-11(21)5-13(10)20-16(23)22-14-6-12(24-15(17)18)3-2-9(14)7-19-22/h2-3,6-7,10-11,13,15H,4-5,8H2,1H3,(H,20,23). The summed E-state index contributed by atoms with van der Waals surface area (Å²) in [4.78, 5) is 14.9. The van der Waals surface area contributed by atoms with E-state index in [4.69, 9.17) is 0 Å². The Morgan fingerprint density at radius 1 is 1.42 bits per heavy atom. The van der Waals surface area contributed by atoms with Crippen LogP contribution >= 0.6 is 0 Å². The lowest BCUT2D eigenvalue weighted by Crippen LogP contribution is -2.46. The van der Waals surface area contributed by atoms with Gasteiger partial charge in [-0.05, 0) is 37.9 Å². The largest absolute Gasteiger partial charge is 0.435 e. The predicted octanol–water partition coefficient (Wildman–Crippen LogP) is 2.29. The Balaban J connectivity index is 1.54. The van der Waals surface area contributed by atoms with Crippen LogP contribution in [-0.2, 0) is 0 Å². The molecular formula is C16H18F2N4O2. The lowest BCUT2D eigenvalue weighted by Gasteiger charge is -2.28. The molecule has 8 heteroatoms. The molecule has 3 unspecified atom stereocenters. The first kappa shape index (κ1) is 15.3. The van der Waals surface area contributed by atoms with E-state index in [2.05, 4.69) is 27.1 Å². The van der Waals surface area contributed by atoms with E-state index in [1.165, 1.54) is 23.0 Å². The number of carbonyl (C=O) groups excluding carboxylic acids is 1. The number of amides is 1. The van der Waals surface area contributed by atoms with Crippen molar-refractivity contribution in [2.45, 2.75) is 31.5 Å². The minimum absolute atomic E-state index is 0.00796. The average molecular weight is 336 g/mol. The van der Waals surface area contributed by atoms with Gasteiger partial charge in [0.1, 0.15) is 5.75 Å². The third-order valence-electron chi connectivity index (χ3n) is 5.08. The van der Waals surface area contributed by atoms with Gasteiger partial charge in [0, 0.05) is 30.1 Å². The summed E-state index contributed by atoms with van der Waals surface area (Å²) in [5.74, 6) is 0.470. The molecule has 0 spiro atoms. The van der Waals surface area contributed by atoms with Crippen LogP contribution in [0.25, 0.3) is 10.9 Å². The maximum Gasteiger partial charge on any atom is 0.387 e. The second-order valence-electron chi connectivity index (χ2n) is 6.54. The van der Waals surface area contributed by atoms with Gasteiger partial charge in [-0.25, -0.2) is 4.79 Å². The van der Waals surface area contributed by atoms with Crippen LogP contribution in [0.2, 0.25) is 0 Å². The fourth-order valence-corrected chi connectivity index (χ4v) is 3.91. The van der Waals surface area contributed by atoms with Crippen LogP contribution in [-0.4, -0.2) is 53.0 Å². The van der Waals surface area contributed by atoms with Gasteiger partial charge in [-0.1, -0.05) is 0 Å². The Morgan fingerprint density at radius 3 is 2.92 bits per heavy atom. The summed E-state index contributed by atoms with van der Waals surface area (Å²) in [6, 6.07) is 4.78. The fraction of sp³-hybridized carbons (Fsp3) is 0.500. The van der Waals surface area contributed by atoms with Crippen LogP contribution in [0.15, 0.2) is 24.4 Å². The molecule has 6 nitrogen and oxygen atoms in total. The molecule has 2 fully saturated rings. The van der Waals surface area contributed by atoms with Gasteiger partial charge in [0.05, 0.1) is 11.7 Å². The van der Waals surface area contributed by atoms with Crippen molar-refractivity contribution in [3.63, 3.8) is 0 Å². The number of alkyl halides is 2. The van der Waals surface area contributed by atoms with Crippen molar-refractivity contribution < 1.29 is 18.3 Å². The third-order valence-corrected chi connectivity index (χ3v) is 5.08. The highest BCUT2D eigenvalue weighted by molar-refractivity contribution is 5.90. The average Bonchev–Trinajstić information content (AvgIpc) is 3.19. The molecule has 2 heterocycles. The highest BCUT2D eigenvalue weighted by Gasteiger charge is 2.43. The molecular weight excluding hydrogens is 318 g/mol. The lowest BCUT2D eigenvalue weighted by molar-refractivity contribution is -0.0497. The maximum absolute atomic E-state index is 12.6. The van der Waals surface area contributed by atoms with Crippen molar-refractivity contribution in [1.82, 2.24) is 20.0 Å². The zero-order chi connectivity index (χ0) is 16.8. The molecule has 1 amide bonds. The maximum atomic E-state index is 12.6. The van der Waals surface area contributed by atoms with Crippen LogP contribution in [0.3, 0.4) is 0 Å². The molecule has 2 bridgehead atoms. The molecule has 1 aliphatic heterocycles. The van der Waals surface area contributed by atoms with Gasteiger partial charge in [-0.2, -0.15) is 18.6 Å². The van der Waals surface area contributed by atoms with E-state index in [-0.39, 0.29) is 17.8 Å². The number of piperidine rings is 1. The van der Waals surface area contributed by atoms with E-state index in [1.807, 2.05) is 0 Å². The van der Waals surface area contributed by atoms with Gasteiger partial charge in [-0.3, -0.25) is 0 Å². The number of likely N-dealkylation sites (tertiary alicyclic amines) is 1. The Hall–Kier alpha value is -2.22. The third kappa shape index (κ3) is 2.60. The number of fused-ring (bicyclic) bond motifs is 3. The van der Waals surface area contributed by atoms with Crippen LogP contribution in [0.5, 0.6) is 5.75 Å². The quantitative estimate of drug-likeness (QED) is 0.934. The SMILES string of the molecule is CN1CC2CC1CC2NC(=O)n1ncc2ccc(OC(F)F)cc21. The van der Waals surface area contributed by atoms with Crippen LogP contribution < -0.4 is 10.1 Å². The zero-order valence-corrected chi connectivity index (χ0v) is 13.2. The summed E-state index contributed by atoms with van der Waals surface area (Å²) >= 11 is 0. The molecule has 0 radical (unpaired) electrons. The fourth-order valence-electron chi connectivity index (χ4n) is 3.91. The first-order valence-corrected chi connectivity index (χ1v) is 7.95. The summed E-state index contributed by atoms with van der Waals surface area (Å²) in [6.45, 7) is -1.92. The van der Waals surface area contributed by atoms with Gasteiger partial charge in [0.25, 0.3) is 0 Å². The molecule has 1 N–H and O–H groups in total. The van der Waals surface area contributed by atoms with E-state index in [0.29, 0.717) is 22.9 Å². The molecule has 1 aromatic heterocycles. The number of carbonyl (C=O) groups is 1. The van der Waals surface area contributed by atoms with E-state index in [1.54, 1.807) is 6.07 Å². The molecule has 2 aliphatic rings. The highest BCUT2D eigenvalue weighted by atomic mass is 19.3. The Morgan fingerprint density at radius 2 is 2.25 bits per heavy atom. The second kappa shape index (κ2) is 5.70. The summed E-state index contributed by atoms with van der Waals surface area (Å²) in [7, 11) is 2.11. The number of halogens is 2. The summed E-state index contributed by atoms with van der Waals surface area (Å²) in [5.41, 5.74) is 0.450. The lowest BCUT2D eigenvalue weighted by atomic mass is 10.0. The topological polar surface area (TPSA) is 59.4 Å². The van der Waals surface area contributed by atoms with Gasteiger partial charge in [-0.15, -0.1) is 0 Å². The van der Waals surface area contributed by atoms with E-state index < -0.39 is 6.61 Å². The molecule has 3 atom stereocenters. The van der Waals surface area contributed by atoms with E-state index in [0.717, 1.165) is 19.4 Å². The smallest absolute Gasteiger partial charge is 0.387 e. The molecule has 1 aromatic carbocycles. The van der Waals surface area contributed by atoms with Crippen LogP contribution in [0.1, 0.15) is 12.8 Å². The van der Waals surface area contributed by atoms with Crippen molar-refractivity contribution >= 4 is 16.9 Å². The number of hydrogen-bond acceptors (Lipinski definition) is 4. The molecule has 1 saturated carbocycles. The van der Waals surface area contributed by atoms with Crippen molar-refractivity contribution in [2.75, 3.05) is 13.6 Å². The number of nitrogens with zero attached hydrogens (tertiary/aromatic N) is 3. The first-order valence-electron chi connectivity index (χ1n) is 7.95. The summed E-state index contributed by atoms with van der Waals surface area (Å²) < 4.78 is 30.3. The van der Waals surface area contributed by atoms with Crippen molar-refractivity contribution in [1.29, 1.82) is 0 Å². The molecule has 4 rings (SSSR count). The summed E-state index contributed by atoms with van der Waals surface area (Å²) in [6.07, 6.45) is 3.58. The highest BCUT2D eigenvalue weighted by Crippen LogP contribution is 2.36. The number of benzene rings is 1. The van der Waals surface area contributed by atoms with Crippen molar-refractivity contribution in [3.8, 4) is 5.75 Å². The van der Waals surface area contributed by atoms with E-state index in [9.17, 15) is 13.6 Å². The number of ether oxygens (including phenoxy) is 1. The second-order valence-corrected chi connectivity index (χ2v) is 6.54. The first-order chi connectivity index (χ1) is 11.5. The summed E-state index contributed by atoms with van der Waals surface area (Å²) in [5, 5.41) is 7.81. The van der Waals surface area contributed by atoms with E-state index >= 15 is 0 Å².